The highest BCUT2D eigenvalue weighted by atomic mass is 16.2. The molecular formula is C31H38N6O. The summed E-state index contributed by atoms with van der Waals surface area (Å²) in [6.45, 7) is 15.2. The molecule has 0 bridgehead atoms. The van der Waals surface area contributed by atoms with E-state index in [1.54, 1.807) is 12.5 Å². The summed E-state index contributed by atoms with van der Waals surface area (Å²) in [7, 11) is 0. The third kappa shape index (κ3) is 5.47. The number of hydrogen-bond donors (Lipinski definition) is 0. The van der Waals surface area contributed by atoms with Gasteiger partial charge in [-0.25, -0.2) is 19.9 Å². The Morgan fingerprint density at radius 2 is 1.58 bits per heavy atom. The van der Waals surface area contributed by atoms with Crippen LogP contribution >= 0.6 is 0 Å². The number of benzene rings is 1. The highest BCUT2D eigenvalue weighted by Crippen LogP contribution is 2.34. The van der Waals surface area contributed by atoms with Gasteiger partial charge in [0.25, 0.3) is 0 Å². The smallest absolute Gasteiger partial charge is 0.242 e. The number of piperidine rings is 1. The molecule has 38 heavy (non-hydrogen) atoms. The molecule has 198 valence electrons. The maximum Gasteiger partial charge on any atom is 0.242 e. The number of amides is 1. The minimum atomic E-state index is 0.0459. The van der Waals surface area contributed by atoms with Gasteiger partial charge in [0.2, 0.25) is 5.91 Å². The van der Waals surface area contributed by atoms with Crippen LogP contribution in [0.1, 0.15) is 77.3 Å². The minimum absolute atomic E-state index is 0.0459. The van der Waals surface area contributed by atoms with E-state index in [2.05, 4.69) is 74.7 Å². The van der Waals surface area contributed by atoms with Gasteiger partial charge in [-0.05, 0) is 65.1 Å². The average molecular weight is 511 g/mol. The molecule has 3 aromatic heterocycles. The number of fused-ring (bicyclic) bond motifs is 1. The molecule has 1 aromatic carbocycles. The molecule has 0 saturated carbocycles. The molecule has 0 radical (unpaired) electrons. The average Bonchev–Trinajstić information content (AvgIpc) is 3.30. The van der Waals surface area contributed by atoms with E-state index in [1.807, 2.05) is 33.9 Å². The lowest BCUT2D eigenvalue weighted by molar-refractivity contribution is -0.132. The quantitative estimate of drug-likeness (QED) is 0.342. The molecule has 5 rings (SSSR count). The van der Waals surface area contributed by atoms with Gasteiger partial charge in [0.15, 0.2) is 5.65 Å². The van der Waals surface area contributed by atoms with Crippen LogP contribution in [0.5, 0.6) is 0 Å². The minimum Gasteiger partial charge on any atom is -0.341 e. The van der Waals surface area contributed by atoms with Gasteiger partial charge in [-0.2, -0.15) is 0 Å². The first-order valence-electron chi connectivity index (χ1n) is 13.5. The van der Waals surface area contributed by atoms with Crippen molar-refractivity contribution in [2.45, 2.75) is 77.7 Å². The number of aromatic nitrogens is 5. The Hall–Kier alpha value is -3.61. The van der Waals surface area contributed by atoms with Crippen molar-refractivity contribution in [3.8, 4) is 11.3 Å². The molecule has 0 atom stereocenters. The van der Waals surface area contributed by atoms with Gasteiger partial charge in [0.1, 0.15) is 17.9 Å². The molecule has 0 unspecified atom stereocenters. The normalized spacial score (nSPS) is 15.3. The zero-order valence-corrected chi connectivity index (χ0v) is 23.4. The predicted molar refractivity (Wildman–Crippen MR) is 151 cm³/mol. The summed E-state index contributed by atoms with van der Waals surface area (Å²) in [5.41, 5.74) is 6.36. The van der Waals surface area contributed by atoms with Crippen LogP contribution < -0.4 is 0 Å². The maximum atomic E-state index is 13.0. The Balaban J connectivity index is 1.30. The van der Waals surface area contributed by atoms with Crippen molar-refractivity contribution in [1.29, 1.82) is 0 Å². The maximum absolute atomic E-state index is 13.0. The number of carbonyl (C=O) groups excluding carboxylic acids is 1. The van der Waals surface area contributed by atoms with Crippen molar-refractivity contribution < 1.29 is 4.79 Å². The van der Waals surface area contributed by atoms with Crippen molar-refractivity contribution >= 4 is 17.1 Å². The molecule has 1 saturated heterocycles. The number of nitrogens with zero attached hydrogens (tertiary/aromatic N) is 6. The molecule has 1 amide bonds. The first-order chi connectivity index (χ1) is 18.0. The number of likely N-dealkylation sites (tertiary alicyclic amines) is 1. The summed E-state index contributed by atoms with van der Waals surface area (Å²) in [4.78, 5) is 33.4. The van der Waals surface area contributed by atoms with Crippen molar-refractivity contribution in [1.82, 2.24) is 29.4 Å². The van der Waals surface area contributed by atoms with Gasteiger partial charge < -0.3 is 9.47 Å². The first kappa shape index (κ1) is 26.0. The van der Waals surface area contributed by atoms with E-state index in [0.29, 0.717) is 13.1 Å². The van der Waals surface area contributed by atoms with Gasteiger partial charge in [0.05, 0.1) is 12.0 Å². The monoisotopic (exact) mass is 510 g/mol. The summed E-state index contributed by atoms with van der Waals surface area (Å²) in [5, 5.41) is 0. The molecule has 0 spiro atoms. The lowest BCUT2D eigenvalue weighted by Crippen LogP contribution is -2.40. The zero-order valence-electron chi connectivity index (χ0n) is 23.4. The Bertz CT molecular complexity index is 1420. The summed E-state index contributed by atoms with van der Waals surface area (Å²) in [6.07, 6.45) is 7.02. The Kier molecular flexibility index (Phi) is 6.80. The fourth-order valence-electron chi connectivity index (χ4n) is 5.02. The van der Waals surface area contributed by atoms with Gasteiger partial charge >= 0.3 is 0 Å². The number of hydrogen-bond acceptors (Lipinski definition) is 5. The van der Waals surface area contributed by atoms with E-state index in [9.17, 15) is 4.79 Å². The Morgan fingerprint density at radius 1 is 0.895 bits per heavy atom. The fraction of sp³-hybridized carbons (Fsp3) is 0.452. The third-order valence-corrected chi connectivity index (χ3v) is 7.53. The van der Waals surface area contributed by atoms with Crippen LogP contribution in [0.3, 0.4) is 0 Å². The number of rotatable bonds is 4. The molecule has 4 aromatic rings. The lowest BCUT2D eigenvalue weighted by atomic mass is 9.79. The van der Waals surface area contributed by atoms with Crippen LogP contribution in [0, 0.1) is 0 Å². The largest absolute Gasteiger partial charge is 0.341 e. The topological polar surface area (TPSA) is 76.8 Å². The number of pyridine rings is 1. The van der Waals surface area contributed by atoms with E-state index in [4.69, 9.17) is 4.98 Å². The highest BCUT2D eigenvalue weighted by molar-refractivity contribution is 5.79. The van der Waals surface area contributed by atoms with Crippen LogP contribution in [-0.2, 0) is 22.2 Å². The van der Waals surface area contributed by atoms with Gasteiger partial charge in [-0.15, -0.1) is 0 Å². The van der Waals surface area contributed by atoms with Crippen molar-refractivity contribution in [3.63, 3.8) is 0 Å². The molecule has 0 N–H and O–H groups in total. The second-order valence-electron chi connectivity index (χ2n) is 12.5. The van der Waals surface area contributed by atoms with E-state index >= 15 is 0 Å². The van der Waals surface area contributed by atoms with Crippen LogP contribution in [0.2, 0.25) is 0 Å². The Morgan fingerprint density at radius 3 is 2.24 bits per heavy atom. The SMILES string of the molecule is CC(C)(C)c1cc(-c2ccnc(C3CCN(C(=O)Cn4cnc5cccnc54)CC3)n2)cc(C(C)(C)C)c1. The van der Waals surface area contributed by atoms with E-state index in [1.165, 1.54) is 11.1 Å². The van der Waals surface area contributed by atoms with E-state index in [-0.39, 0.29) is 29.2 Å². The predicted octanol–water partition coefficient (Wildman–Crippen LogP) is 5.89. The molecule has 1 aliphatic rings. The van der Waals surface area contributed by atoms with Gasteiger partial charge in [0, 0.05) is 37.0 Å². The van der Waals surface area contributed by atoms with Crippen molar-refractivity contribution in [2.75, 3.05) is 13.1 Å². The Labute approximate surface area is 225 Å². The second-order valence-corrected chi connectivity index (χ2v) is 12.5. The highest BCUT2D eigenvalue weighted by Gasteiger charge is 2.27. The summed E-state index contributed by atoms with van der Waals surface area (Å²) < 4.78 is 1.83. The summed E-state index contributed by atoms with van der Waals surface area (Å²) in [5.74, 6) is 1.21. The molecule has 7 heteroatoms. The zero-order chi connectivity index (χ0) is 27.1. The van der Waals surface area contributed by atoms with Crippen LogP contribution in [-0.4, -0.2) is 48.4 Å². The third-order valence-electron chi connectivity index (χ3n) is 7.53. The van der Waals surface area contributed by atoms with E-state index < -0.39 is 0 Å². The molecule has 0 aliphatic carbocycles. The van der Waals surface area contributed by atoms with E-state index in [0.717, 1.165) is 41.1 Å². The van der Waals surface area contributed by atoms with Crippen LogP contribution in [0.15, 0.2) is 55.1 Å². The van der Waals surface area contributed by atoms with Crippen molar-refractivity contribution in [2.24, 2.45) is 0 Å². The van der Waals surface area contributed by atoms with Gasteiger partial charge in [-0.3, -0.25) is 4.79 Å². The molecule has 1 fully saturated rings. The van der Waals surface area contributed by atoms with Crippen LogP contribution in [0.4, 0.5) is 0 Å². The summed E-state index contributed by atoms with van der Waals surface area (Å²) >= 11 is 0. The first-order valence-corrected chi connectivity index (χ1v) is 13.5. The number of carbonyl (C=O) groups is 1. The van der Waals surface area contributed by atoms with Crippen molar-refractivity contribution in [3.05, 3.63) is 72.1 Å². The molecule has 4 heterocycles. The second kappa shape index (κ2) is 9.93. The number of imidazole rings is 1. The standard InChI is InChI=1S/C31H38N6O/c1-30(2,3)23-16-22(17-24(18-23)31(4,5)6)25-9-13-32-28(35-25)21-10-14-36(15-11-21)27(38)19-37-20-34-26-8-7-12-33-29(26)37/h7-9,12-13,16-18,20-21H,10-11,14-15,19H2,1-6H3. The lowest BCUT2D eigenvalue weighted by Gasteiger charge is -2.31. The summed E-state index contributed by atoms with van der Waals surface area (Å²) in [6, 6.07) is 12.7. The van der Waals surface area contributed by atoms with Crippen LogP contribution in [0.25, 0.3) is 22.4 Å². The molecule has 1 aliphatic heterocycles. The molecular weight excluding hydrogens is 472 g/mol. The molecule has 7 nitrogen and oxygen atoms in total. The van der Waals surface area contributed by atoms with Gasteiger partial charge in [-0.1, -0.05) is 47.6 Å². The fourth-order valence-corrected chi connectivity index (χ4v) is 5.02.